The van der Waals surface area contributed by atoms with Crippen molar-refractivity contribution in [2.24, 2.45) is 5.10 Å². The van der Waals surface area contributed by atoms with Crippen molar-refractivity contribution in [3.8, 4) is 11.5 Å². The first kappa shape index (κ1) is 19.9. The maximum Gasteiger partial charge on any atom is 0.379 e. The van der Waals surface area contributed by atoms with Gasteiger partial charge in [0.15, 0.2) is 6.61 Å². The molecular weight excluding hydrogens is 372 g/mol. The molecule has 0 fully saturated rings. The lowest BCUT2D eigenvalue weighted by atomic mass is 10.1. The molecular formula is C22H20N2O5. The third-order valence-electron chi connectivity index (χ3n) is 3.99. The lowest BCUT2D eigenvalue weighted by molar-refractivity contribution is -0.123. The van der Waals surface area contributed by atoms with E-state index in [0.29, 0.717) is 17.1 Å². The van der Waals surface area contributed by atoms with E-state index < -0.39 is 11.9 Å². The van der Waals surface area contributed by atoms with E-state index in [1.54, 1.807) is 30.3 Å². The van der Waals surface area contributed by atoms with Crippen molar-refractivity contribution < 1.29 is 23.5 Å². The summed E-state index contributed by atoms with van der Waals surface area (Å²) in [5.74, 6) is 0.0324. The van der Waals surface area contributed by atoms with Gasteiger partial charge in [-0.1, -0.05) is 30.3 Å². The number of hydrazone groups is 1. The van der Waals surface area contributed by atoms with Gasteiger partial charge in [0, 0.05) is 5.56 Å². The summed E-state index contributed by atoms with van der Waals surface area (Å²) < 4.78 is 15.9. The Morgan fingerprint density at radius 3 is 2.52 bits per heavy atom. The number of esters is 1. The predicted molar refractivity (Wildman–Crippen MR) is 107 cm³/mol. The van der Waals surface area contributed by atoms with Crippen molar-refractivity contribution in [2.75, 3.05) is 6.61 Å². The molecule has 0 bridgehead atoms. The average molecular weight is 392 g/mol. The highest BCUT2D eigenvalue weighted by atomic mass is 16.5. The minimum atomic E-state index is -0.623. The maximum atomic E-state index is 12.0. The van der Waals surface area contributed by atoms with Crippen LogP contribution in [0.3, 0.4) is 0 Å². The third kappa shape index (κ3) is 5.32. The molecule has 1 N–H and O–H groups in total. The van der Waals surface area contributed by atoms with Crippen molar-refractivity contribution in [1.29, 1.82) is 0 Å². The lowest BCUT2D eigenvalue weighted by Gasteiger charge is -2.10. The number of furan rings is 1. The second kappa shape index (κ2) is 9.36. The van der Waals surface area contributed by atoms with Gasteiger partial charge in [-0.15, -0.1) is 0 Å². The fourth-order valence-electron chi connectivity index (χ4n) is 2.60. The van der Waals surface area contributed by atoms with Gasteiger partial charge in [-0.05, 0) is 49.2 Å². The van der Waals surface area contributed by atoms with Crippen LogP contribution < -0.4 is 14.9 Å². The number of hydrogen-bond acceptors (Lipinski definition) is 6. The van der Waals surface area contributed by atoms with E-state index in [9.17, 15) is 9.59 Å². The van der Waals surface area contributed by atoms with E-state index in [-0.39, 0.29) is 12.4 Å². The van der Waals surface area contributed by atoms with Gasteiger partial charge in [0.2, 0.25) is 5.76 Å². The molecule has 3 aromatic rings. The molecule has 2 aromatic carbocycles. The topological polar surface area (TPSA) is 90.1 Å². The van der Waals surface area contributed by atoms with Crippen LogP contribution in [0.15, 0.2) is 70.4 Å². The summed E-state index contributed by atoms with van der Waals surface area (Å²) in [5, 5.41) is 3.91. The molecule has 1 heterocycles. The highest BCUT2D eigenvalue weighted by Gasteiger charge is 2.13. The highest BCUT2D eigenvalue weighted by molar-refractivity contribution is 5.91. The summed E-state index contributed by atoms with van der Waals surface area (Å²) in [6.45, 7) is 3.66. The molecule has 0 radical (unpaired) electrons. The summed E-state index contributed by atoms with van der Waals surface area (Å²) >= 11 is 0. The van der Waals surface area contributed by atoms with Gasteiger partial charge < -0.3 is 13.9 Å². The normalized spacial score (nSPS) is 10.7. The number of nitrogens with one attached hydrogen (secondary N) is 1. The van der Waals surface area contributed by atoms with Crippen LogP contribution in [-0.4, -0.2) is 24.7 Å². The van der Waals surface area contributed by atoms with Gasteiger partial charge in [-0.25, -0.2) is 10.2 Å². The Morgan fingerprint density at radius 1 is 1.03 bits per heavy atom. The molecule has 0 aliphatic carbocycles. The number of carbonyl (C=O) groups excluding carboxylic acids is 2. The first-order valence-corrected chi connectivity index (χ1v) is 8.90. The first-order chi connectivity index (χ1) is 14.0. The van der Waals surface area contributed by atoms with Crippen molar-refractivity contribution in [3.63, 3.8) is 0 Å². The van der Waals surface area contributed by atoms with Gasteiger partial charge in [0.05, 0.1) is 12.5 Å². The second-order valence-corrected chi connectivity index (χ2v) is 6.21. The van der Waals surface area contributed by atoms with E-state index in [1.165, 1.54) is 18.5 Å². The molecule has 0 aliphatic rings. The summed E-state index contributed by atoms with van der Waals surface area (Å²) in [7, 11) is 0. The van der Waals surface area contributed by atoms with Crippen LogP contribution in [0.25, 0.3) is 0 Å². The van der Waals surface area contributed by atoms with Gasteiger partial charge >= 0.3 is 5.97 Å². The Kier molecular flexibility index (Phi) is 6.42. The van der Waals surface area contributed by atoms with Crippen LogP contribution in [0.2, 0.25) is 0 Å². The zero-order chi connectivity index (χ0) is 20.6. The molecule has 0 saturated carbocycles. The van der Waals surface area contributed by atoms with Crippen LogP contribution in [-0.2, 0) is 4.79 Å². The van der Waals surface area contributed by atoms with Gasteiger partial charge in [0.1, 0.15) is 11.5 Å². The van der Waals surface area contributed by atoms with E-state index in [0.717, 1.165) is 11.1 Å². The summed E-state index contributed by atoms with van der Waals surface area (Å²) in [6.07, 6.45) is 2.78. The Balaban J connectivity index is 1.57. The Morgan fingerprint density at radius 2 is 1.79 bits per heavy atom. The van der Waals surface area contributed by atoms with Crippen molar-refractivity contribution in [2.45, 2.75) is 13.8 Å². The molecule has 7 nitrogen and oxygen atoms in total. The lowest BCUT2D eigenvalue weighted by Crippen LogP contribution is -2.25. The van der Waals surface area contributed by atoms with E-state index >= 15 is 0 Å². The molecule has 0 aliphatic heterocycles. The smallest absolute Gasteiger partial charge is 0.379 e. The molecule has 0 atom stereocenters. The third-order valence-corrected chi connectivity index (χ3v) is 3.99. The number of ether oxygens (including phenoxy) is 2. The SMILES string of the molecule is Cc1cccc(C)c1OCC(=O)N/N=C/c1ccccc1OC(=O)c1ccco1. The molecule has 0 unspecified atom stereocenters. The van der Waals surface area contributed by atoms with Crippen molar-refractivity contribution in [3.05, 3.63) is 83.3 Å². The highest BCUT2D eigenvalue weighted by Crippen LogP contribution is 2.22. The summed E-state index contributed by atoms with van der Waals surface area (Å²) in [6, 6.07) is 15.7. The second-order valence-electron chi connectivity index (χ2n) is 6.21. The van der Waals surface area contributed by atoms with Gasteiger partial charge in [-0.3, -0.25) is 4.79 Å². The molecule has 3 rings (SSSR count). The fraction of sp³-hybridized carbons (Fsp3) is 0.136. The number of rotatable bonds is 7. The fourth-order valence-corrected chi connectivity index (χ4v) is 2.60. The molecule has 7 heteroatoms. The van der Waals surface area contributed by atoms with Gasteiger partial charge in [0.25, 0.3) is 5.91 Å². The van der Waals surface area contributed by atoms with Gasteiger partial charge in [-0.2, -0.15) is 5.10 Å². The van der Waals surface area contributed by atoms with Crippen LogP contribution in [0.4, 0.5) is 0 Å². The number of amides is 1. The minimum Gasteiger partial charge on any atom is -0.483 e. The first-order valence-electron chi connectivity index (χ1n) is 8.90. The number of para-hydroxylation sites is 2. The number of hydrogen-bond donors (Lipinski definition) is 1. The zero-order valence-electron chi connectivity index (χ0n) is 16.0. The number of benzene rings is 2. The summed E-state index contributed by atoms with van der Waals surface area (Å²) in [5.41, 5.74) is 4.82. The maximum absolute atomic E-state index is 12.0. The van der Waals surface area contributed by atoms with E-state index in [4.69, 9.17) is 13.9 Å². The molecule has 1 amide bonds. The summed E-state index contributed by atoms with van der Waals surface area (Å²) in [4.78, 5) is 24.0. The Hall–Kier alpha value is -3.87. The van der Waals surface area contributed by atoms with Crippen LogP contribution in [0, 0.1) is 13.8 Å². The molecule has 148 valence electrons. The predicted octanol–water partition coefficient (Wildman–Crippen LogP) is 3.64. The van der Waals surface area contributed by atoms with Crippen molar-refractivity contribution in [1.82, 2.24) is 5.43 Å². The van der Waals surface area contributed by atoms with Crippen LogP contribution in [0.5, 0.6) is 11.5 Å². The van der Waals surface area contributed by atoms with E-state index in [2.05, 4.69) is 10.5 Å². The molecule has 1 aromatic heterocycles. The monoisotopic (exact) mass is 392 g/mol. The van der Waals surface area contributed by atoms with E-state index in [1.807, 2.05) is 32.0 Å². The zero-order valence-corrected chi connectivity index (χ0v) is 16.0. The van der Waals surface area contributed by atoms with Crippen LogP contribution in [0.1, 0.15) is 27.2 Å². The Labute approximate surface area is 167 Å². The molecule has 29 heavy (non-hydrogen) atoms. The average Bonchev–Trinajstić information content (AvgIpc) is 3.24. The minimum absolute atomic E-state index is 0.0914. The standard InChI is InChI=1S/C22H20N2O5/c1-15-7-5-8-16(2)21(15)28-14-20(25)24-23-13-17-9-3-4-10-18(17)29-22(26)19-11-6-12-27-19/h3-13H,14H2,1-2H3,(H,24,25)/b23-13+. The van der Waals surface area contributed by atoms with Crippen LogP contribution >= 0.6 is 0 Å². The number of nitrogens with zero attached hydrogens (tertiary/aromatic N) is 1. The largest absolute Gasteiger partial charge is 0.483 e. The number of aryl methyl sites for hydroxylation is 2. The quantitative estimate of drug-likeness (QED) is 0.287. The van der Waals surface area contributed by atoms with Crippen molar-refractivity contribution >= 4 is 18.1 Å². The molecule has 0 spiro atoms. The Bertz CT molecular complexity index is 1010. The number of carbonyl (C=O) groups is 2. The molecule has 0 saturated heterocycles.